The Balaban J connectivity index is 2.34. The van der Waals surface area contributed by atoms with Crippen molar-refractivity contribution in [2.45, 2.75) is 152 Å². The summed E-state index contributed by atoms with van der Waals surface area (Å²) in [5, 5.41) is 93.4. The standard InChI is InChI=1S/C60H85N15O25/c1-5-28(4)49(59(98)71-36(20-42(63)80)55(94)69-35(17-29-9-7-6-8-10-29)54(93)70-38(22-47(87)88)56(95)73-40(26-77)60(99)100)75-57(96)34(18-30-11-13-31(78)14-12-30)66-43(81)23-64-51(90)37(21-46(85)86)67-44(82)24-65-52(91)39(25-76)72-58(97)48(27(2)3)74-53(92)33(15-16-41(62)79)68-50(89)32(61)19-45(83)84/h6-14,27-28,32-40,48-49,76-78H,5,15-26,61H2,1-4H3,(H2,62,79)(H2,63,80)(H,64,90)(H,65,91)(H,66,81)(H,67,82)(H,68,89)(H,69,94)(H,70,93)(H,71,98)(H,72,97)(H,73,95)(H,74,92)(H,75,96)(H,83,84)(H,85,86)(H,87,88)(H,99,100)/t28-,32-,33-,34-,35-,36-,37-,38-,39-,40-,48-,49-/m0/s1. The molecule has 100 heavy (non-hydrogen) atoms. The van der Waals surface area contributed by atoms with Crippen molar-refractivity contribution >= 4 is 107 Å². The van der Waals surface area contributed by atoms with Gasteiger partial charge in [-0.05, 0) is 41.5 Å². The topological polar surface area (TPSA) is 671 Å². The highest BCUT2D eigenvalue weighted by Gasteiger charge is 2.38. The smallest absolute Gasteiger partial charge is 0.328 e. The van der Waals surface area contributed by atoms with Gasteiger partial charge in [0.15, 0.2) is 0 Å². The number of aliphatic hydroxyl groups is 2. The number of nitrogens with one attached hydrogen (secondary N) is 12. The molecule has 0 spiro atoms. The normalized spacial score (nSPS) is 14.5. The van der Waals surface area contributed by atoms with Crippen molar-refractivity contribution in [3.63, 3.8) is 0 Å². The third-order valence-corrected chi connectivity index (χ3v) is 14.6. The zero-order valence-corrected chi connectivity index (χ0v) is 54.6. The third kappa shape index (κ3) is 30.8. The van der Waals surface area contributed by atoms with E-state index in [1.165, 1.54) is 57.2 Å². The first-order valence-corrected chi connectivity index (χ1v) is 30.7. The van der Waals surface area contributed by atoms with Crippen LogP contribution in [0.4, 0.5) is 0 Å². The van der Waals surface area contributed by atoms with E-state index in [0.29, 0.717) is 5.56 Å². The monoisotopic (exact) mass is 1420 g/mol. The van der Waals surface area contributed by atoms with Crippen LogP contribution in [0.15, 0.2) is 54.6 Å². The fourth-order valence-corrected chi connectivity index (χ4v) is 8.97. The second-order valence-corrected chi connectivity index (χ2v) is 23.0. The number of carbonyl (C=O) groups is 18. The number of hydrogen-bond acceptors (Lipinski definition) is 22. The van der Waals surface area contributed by atoms with E-state index in [4.69, 9.17) is 22.3 Å². The van der Waals surface area contributed by atoms with E-state index in [-0.39, 0.29) is 24.2 Å². The van der Waals surface area contributed by atoms with Gasteiger partial charge < -0.3 is 117 Å². The molecule has 0 bridgehead atoms. The maximum Gasteiger partial charge on any atom is 0.328 e. The summed E-state index contributed by atoms with van der Waals surface area (Å²) >= 11 is 0. The van der Waals surface area contributed by atoms with Crippen molar-refractivity contribution in [2.75, 3.05) is 26.3 Å². The minimum absolute atomic E-state index is 0.124. The lowest BCUT2D eigenvalue weighted by Gasteiger charge is -2.29. The Morgan fingerprint density at radius 1 is 0.410 bits per heavy atom. The number of phenolic OH excluding ortho intramolecular Hbond substituents is 1. The number of aliphatic carboxylic acids is 4. The minimum Gasteiger partial charge on any atom is -0.508 e. The number of carboxylic acids is 4. The number of carboxylic acid groups (broad SMARTS) is 4. The summed E-state index contributed by atoms with van der Waals surface area (Å²) < 4.78 is 0. The number of phenols is 1. The molecule has 0 saturated heterocycles. The number of rotatable bonds is 45. The molecule has 0 unspecified atom stereocenters. The molecule has 12 atom stereocenters. The van der Waals surface area contributed by atoms with Gasteiger partial charge in [0.2, 0.25) is 82.7 Å². The van der Waals surface area contributed by atoms with Crippen LogP contribution in [-0.2, 0) is 99.1 Å². The molecular formula is C60H85N15O25. The summed E-state index contributed by atoms with van der Waals surface area (Å²) in [7, 11) is 0. The lowest BCUT2D eigenvalue weighted by atomic mass is 9.96. The fraction of sp³-hybridized carbons (Fsp3) is 0.500. The first-order chi connectivity index (χ1) is 46.9. The maximum absolute atomic E-state index is 14.3. The van der Waals surface area contributed by atoms with Gasteiger partial charge in [0.05, 0.1) is 58.0 Å². The Morgan fingerprint density at radius 3 is 1.28 bits per heavy atom. The van der Waals surface area contributed by atoms with Crippen LogP contribution < -0.4 is 81.0 Å². The predicted octanol–water partition coefficient (Wildman–Crippen LogP) is -9.08. The van der Waals surface area contributed by atoms with Crippen molar-refractivity contribution in [1.29, 1.82) is 0 Å². The SMILES string of the molecule is CC[C@H](C)[C@H](NC(=O)[C@H](Cc1ccc(O)cc1)NC(=O)CNC(=O)[C@H](CC(=O)O)NC(=O)CNC(=O)[C@H](CO)NC(=O)[C@@H](NC(=O)[C@H](CCC(N)=O)NC(=O)[C@@H](N)CC(=O)O)C(C)C)C(=O)N[C@@H](CC(N)=O)C(=O)N[C@@H](Cc1ccccc1)C(=O)N[C@@H](CC(=O)O)C(=O)N[C@@H](CO)C(=O)O. The number of nitrogens with two attached hydrogens (primary N) is 3. The summed E-state index contributed by atoms with van der Waals surface area (Å²) in [5.74, 6) is -24.7. The molecule has 0 radical (unpaired) electrons. The zero-order chi connectivity index (χ0) is 75.7. The van der Waals surface area contributed by atoms with E-state index in [1.807, 2.05) is 10.6 Å². The summed E-state index contributed by atoms with van der Waals surface area (Å²) in [6.07, 6.45) is -5.61. The van der Waals surface area contributed by atoms with Crippen LogP contribution in [0.1, 0.15) is 83.8 Å². The van der Waals surface area contributed by atoms with E-state index >= 15 is 0 Å². The van der Waals surface area contributed by atoms with Crippen molar-refractivity contribution in [2.24, 2.45) is 29.0 Å². The van der Waals surface area contributed by atoms with Gasteiger partial charge in [0.25, 0.3) is 0 Å². The quantitative estimate of drug-likeness (QED) is 0.0293. The average molecular weight is 1420 g/mol. The molecule has 0 aromatic heterocycles. The molecule has 550 valence electrons. The van der Waals surface area contributed by atoms with Gasteiger partial charge in [-0.2, -0.15) is 0 Å². The molecule has 2 aromatic rings. The fourth-order valence-electron chi connectivity index (χ4n) is 8.97. The van der Waals surface area contributed by atoms with Crippen LogP contribution in [0.3, 0.4) is 0 Å². The minimum atomic E-state index is -2.00. The Bertz CT molecular complexity index is 3290. The molecule has 2 rings (SSSR count). The number of hydrogen-bond donors (Lipinski definition) is 22. The highest BCUT2D eigenvalue weighted by atomic mass is 16.4. The molecule has 2 aromatic carbocycles. The van der Waals surface area contributed by atoms with Crippen LogP contribution in [0.5, 0.6) is 5.75 Å². The summed E-state index contributed by atoms with van der Waals surface area (Å²) in [6.45, 7) is 1.62. The van der Waals surface area contributed by atoms with Gasteiger partial charge in [0.1, 0.15) is 66.2 Å². The number of aromatic hydroxyl groups is 1. The van der Waals surface area contributed by atoms with Crippen LogP contribution >= 0.6 is 0 Å². The van der Waals surface area contributed by atoms with Gasteiger partial charge in [-0.3, -0.25) is 81.5 Å². The van der Waals surface area contributed by atoms with Crippen LogP contribution in [0, 0.1) is 11.8 Å². The van der Waals surface area contributed by atoms with Crippen molar-refractivity contribution in [1.82, 2.24) is 63.8 Å². The Kier molecular flexibility index (Phi) is 35.8. The Labute approximate surface area is 569 Å². The molecular weight excluding hydrogens is 1330 g/mol. The number of benzene rings is 2. The second-order valence-electron chi connectivity index (χ2n) is 23.0. The predicted molar refractivity (Wildman–Crippen MR) is 340 cm³/mol. The summed E-state index contributed by atoms with van der Waals surface area (Å²) in [6, 6.07) is -6.59. The van der Waals surface area contributed by atoms with Gasteiger partial charge in [0, 0.05) is 19.3 Å². The molecule has 0 aliphatic heterocycles. The highest BCUT2D eigenvalue weighted by Crippen LogP contribution is 2.15. The molecule has 25 N–H and O–H groups in total. The number of primary amides is 2. The zero-order valence-electron chi connectivity index (χ0n) is 54.6. The van der Waals surface area contributed by atoms with Crippen molar-refractivity contribution in [3.05, 3.63) is 65.7 Å². The van der Waals surface area contributed by atoms with Crippen molar-refractivity contribution in [3.8, 4) is 5.75 Å². The average Bonchev–Trinajstić information content (AvgIpc) is 0.853. The summed E-state index contributed by atoms with van der Waals surface area (Å²) in [4.78, 5) is 233. The highest BCUT2D eigenvalue weighted by molar-refractivity contribution is 6.01. The van der Waals surface area contributed by atoms with Crippen molar-refractivity contribution < 1.29 is 122 Å². The second kappa shape index (κ2) is 42.3. The maximum atomic E-state index is 14.3. The third-order valence-electron chi connectivity index (χ3n) is 14.6. The number of aliphatic hydroxyl groups excluding tert-OH is 2. The molecule has 0 aliphatic rings. The van der Waals surface area contributed by atoms with Crippen LogP contribution in [0.25, 0.3) is 0 Å². The Hall–Kier alpha value is -11.4. The molecule has 40 nitrogen and oxygen atoms in total. The molecule has 0 heterocycles. The molecule has 14 amide bonds. The first-order valence-electron chi connectivity index (χ1n) is 30.7. The van der Waals surface area contributed by atoms with Gasteiger partial charge in [-0.15, -0.1) is 0 Å². The lowest BCUT2D eigenvalue weighted by Crippen LogP contribution is -2.61. The molecule has 0 fully saturated rings. The molecule has 0 aliphatic carbocycles. The van der Waals surface area contributed by atoms with E-state index in [9.17, 15) is 117 Å². The van der Waals surface area contributed by atoms with Gasteiger partial charge in [-0.1, -0.05) is 76.6 Å². The Morgan fingerprint density at radius 2 is 0.800 bits per heavy atom. The summed E-state index contributed by atoms with van der Waals surface area (Å²) in [5.41, 5.74) is 16.9. The van der Waals surface area contributed by atoms with E-state index < -0.39 is 256 Å². The van der Waals surface area contributed by atoms with E-state index in [0.717, 1.165) is 0 Å². The lowest BCUT2D eigenvalue weighted by molar-refractivity contribution is -0.144. The largest absolute Gasteiger partial charge is 0.508 e. The van der Waals surface area contributed by atoms with Crippen LogP contribution in [0.2, 0.25) is 0 Å². The molecule has 0 saturated carbocycles. The number of amides is 14. The van der Waals surface area contributed by atoms with Gasteiger partial charge in [-0.25, -0.2) is 4.79 Å². The van der Waals surface area contributed by atoms with E-state index in [2.05, 4.69) is 53.2 Å². The van der Waals surface area contributed by atoms with Crippen LogP contribution in [-0.4, -0.2) is 235 Å². The number of carbonyl (C=O) groups excluding carboxylic acids is 14. The molecule has 40 heteroatoms. The first kappa shape index (κ1) is 84.7. The van der Waals surface area contributed by atoms with E-state index in [1.54, 1.807) is 25.1 Å². The van der Waals surface area contributed by atoms with Gasteiger partial charge >= 0.3 is 23.9 Å².